The van der Waals surface area contributed by atoms with Crippen molar-refractivity contribution in [2.75, 3.05) is 20.2 Å². The van der Waals surface area contributed by atoms with E-state index in [1.54, 1.807) is 0 Å². The fourth-order valence-electron chi connectivity index (χ4n) is 5.08. The zero-order chi connectivity index (χ0) is 18.9. The molecule has 1 heterocycles. The average Bonchev–Trinajstić information content (AvgIpc) is 3.10. The van der Waals surface area contributed by atoms with E-state index >= 15 is 0 Å². The summed E-state index contributed by atoms with van der Waals surface area (Å²) in [4.78, 5) is 28.2. The molecule has 27 heavy (non-hydrogen) atoms. The van der Waals surface area contributed by atoms with Crippen molar-refractivity contribution in [1.82, 2.24) is 4.90 Å². The minimum atomic E-state index is -0.791. The van der Waals surface area contributed by atoms with Gasteiger partial charge >= 0.3 is 5.97 Å². The number of esters is 1. The second kappa shape index (κ2) is 7.28. The van der Waals surface area contributed by atoms with Gasteiger partial charge in [0.15, 0.2) is 0 Å². The minimum absolute atomic E-state index is 0.00891. The van der Waals surface area contributed by atoms with Crippen LogP contribution in [-0.2, 0) is 20.9 Å². The molecule has 4 rings (SSSR count). The number of benzene rings is 2. The number of fused-ring (bicyclic) bond motifs is 1. The molecule has 140 valence electrons. The van der Waals surface area contributed by atoms with Crippen LogP contribution in [-0.4, -0.2) is 36.9 Å². The van der Waals surface area contributed by atoms with E-state index in [1.165, 1.54) is 12.7 Å². The molecule has 1 saturated carbocycles. The van der Waals surface area contributed by atoms with Crippen LogP contribution in [0.3, 0.4) is 0 Å². The van der Waals surface area contributed by atoms with Gasteiger partial charge in [0.2, 0.25) is 0 Å². The molecule has 2 aliphatic rings. The summed E-state index contributed by atoms with van der Waals surface area (Å²) in [6.45, 7) is 1.92. The van der Waals surface area contributed by atoms with Crippen molar-refractivity contribution in [3.8, 4) is 0 Å². The second-order valence-corrected chi connectivity index (χ2v) is 7.71. The summed E-state index contributed by atoms with van der Waals surface area (Å²) < 4.78 is 5.28. The van der Waals surface area contributed by atoms with Gasteiger partial charge < -0.3 is 4.74 Å². The third kappa shape index (κ3) is 3.08. The normalized spacial score (nSPS) is 28.0. The van der Waals surface area contributed by atoms with Crippen LogP contribution in [0.5, 0.6) is 0 Å². The van der Waals surface area contributed by atoms with Crippen molar-refractivity contribution in [1.29, 1.82) is 0 Å². The zero-order valence-corrected chi connectivity index (χ0v) is 15.6. The number of rotatable bonds is 4. The average molecular weight is 363 g/mol. The molecular formula is C23H25NO3. The van der Waals surface area contributed by atoms with E-state index in [0.29, 0.717) is 25.9 Å². The number of methoxy groups -OCH3 is 1. The van der Waals surface area contributed by atoms with Gasteiger partial charge in [-0.05, 0) is 17.5 Å². The highest BCUT2D eigenvalue weighted by Gasteiger charge is 2.62. The van der Waals surface area contributed by atoms with Gasteiger partial charge in [-0.1, -0.05) is 60.7 Å². The van der Waals surface area contributed by atoms with Crippen molar-refractivity contribution < 1.29 is 14.3 Å². The van der Waals surface area contributed by atoms with E-state index in [4.69, 9.17) is 4.74 Å². The first-order valence-electron chi connectivity index (χ1n) is 9.57. The summed E-state index contributed by atoms with van der Waals surface area (Å²) in [5, 5.41) is 0. The molecule has 1 aliphatic heterocycles. The molecule has 2 aromatic carbocycles. The molecule has 1 saturated heterocycles. The first-order valence-corrected chi connectivity index (χ1v) is 9.57. The van der Waals surface area contributed by atoms with E-state index in [9.17, 15) is 9.59 Å². The molecule has 0 spiro atoms. The largest absolute Gasteiger partial charge is 0.469 e. The Morgan fingerprint density at radius 1 is 1.07 bits per heavy atom. The Hall–Kier alpha value is -2.46. The lowest BCUT2D eigenvalue weighted by atomic mass is 9.59. The molecule has 1 aliphatic carbocycles. The van der Waals surface area contributed by atoms with Crippen molar-refractivity contribution >= 4 is 11.8 Å². The monoisotopic (exact) mass is 363 g/mol. The molecule has 0 N–H and O–H groups in total. The Balaban J connectivity index is 1.72. The fraction of sp³-hybridized carbons (Fsp3) is 0.391. The predicted molar refractivity (Wildman–Crippen MR) is 103 cm³/mol. The highest BCUT2D eigenvalue weighted by molar-refractivity contribution is 5.92. The molecule has 2 fully saturated rings. The van der Waals surface area contributed by atoms with E-state index in [2.05, 4.69) is 29.2 Å². The van der Waals surface area contributed by atoms with Crippen LogP contribution in [0.4, 0.5) is 0 Å². The fourth-order valence-corrected chi connectivity index (χ4v) is 5.08. The van der Waals surface area contributed by atoms with Crippen LogP contribution in [0.1, 0.15) is 29.9 Å². The topological polar surface area (TPSA) is 46.6 Å². The Morgan fingerprint density at radius 2 is 1.74 bits per heavy atom. The minimum Gasteiger partial charge on any atom is -0.469 e. The smallest absolute Gasteiger partial charge is 0.314 e. The van der Waals surface area contributed by atoms with Crippen LogP contribution in [0.15, 0.2) is 60.7 Å². The maximum Gasteiger partial charge on any atom is 0.314 e. The van der Waals surface area contributed by atoms with Gasteiger partial charge in [-0.25, -0.2) is 0 Å². The van der Waals surface area contributed by atoms with Crippen LogP contribution in [0, 0.1) is 11.3 Å². The van der Waals surface area contributed by atoms with Crippen molar-refractivity contribution in [2.24, 2.45) is 11.3 Å². The number of likely N-dealkylation sites (tertiary alicyclic amines) is 1. The molecule has 0 amide bonds. The number of carbonyl (C=O) groups excluding carboxylic acids is 2. The van der Waals surface area contributed by atoms with E-state index in [1.807, 2.05) is 36.4 Å². The van der Waals surface area contributed by atoms with E-state index < -0.39 is 5.41 Å². The van der Waals surface area contributed by atoms with Crippen LogP contribution in [0.2, 0.25) is 0 Å². The summed E-state index contributed by atoms with van der Waals surface area (Å²) in [7, 11) is 1.44. The maximum absolute atomic E-state index is 13.1. The van der Waals surface area contributed by atoms with Crippen molar-refractivity contribution in [3.63, 3.8) is 0 Å². The van der Waals surface area contributed by atoms with Gasteiger partial charge in [0, 0.05) is 37.9 Å². The lowest BCUT2D eigenvalue weighted by molar-refractivity contribution is -0.161. The molecule has 3 atom stereocenters. The van der Waals surface area contributed by atoms with Gasteiger partial charge in [-0.15, -0.1) is 0 Å². The molecule has 2 aromatic rings. The third-order valence-electron chi connectivity index (χ3n) is 6.25. The molecule has 0 bridgehead atoms. The van der Waals surface area contributed by atoms with E-state index in [0.717, 1.165) is 12.1 Å². The predicted octanol–water partition coefficient (Wildman–Crippen LogP) is 3.42. The Bertz CT molecular complexity index is 820. The summed E-state index contributed by atoms with van der Waals surface area (Å²) in [6, 6.07) is 20.3. The highest BCUT2D eigenvalue weighted by Crippen LogP contribution is 2.54. The highest BCUT2D eigenvalue weighted by atomic mass is 16.5. The summed E-state index contributed by atoms with van der Waals surface area (Å²) in [6.07, 6.45) is 1.23. The first-order chi connectivity index (χ1) is 13.1. The molecular weight excluding hydrogens is 338 g/mol. The molecule has 0 unspecified atom stereocenters. The van der Waals surface area contributed by atoms with Crippen molar-refractivity contribution in [2.45, 2.75) is 25.3 Å². The quantitative estimate of drug-likeness (QED) is 0.781. The lowest BCUT2D eigenvalue weighted by Gasteiger charge is -2.42. The van der Waals surface area contributed by atoms with Gasteiger partial charge in [0.25, 0.3) is 0 Å². The summed E-state index contributed by atoms with van der Waals surface area (Å²) in [5.74, 6) is -0.338. The molecule has 4 heteroatoms. The number of hydrogen-bond donors (Lipinski definition) is 0. The summed E-state index contributed by atoms with van der Waals surface area (Å²) in [5.41, 5.74) is 1.53. The van der Waals surface area contributed by atoms with Gasteiger partial charge in [0.1, 0.15) is 5.78 Å². The molecule has 0 aromatic heterocycles. The van der Waals surface area contributed by atoms with Gasteiger partial charge in [0.05, 0.1) is 12.5 Å². The van der Waals surface area contributed by atoms with Crippen molar-refractivity contribution in [3.05, 3.63) is 71.8 Å². The number of nitrogens with zero attached hydrogens (tertiary/aromatic N) is 1. The summed E-state index contributed by atoms with van der Waals surface area (Å²) >= 11 is 0. The second-order valence-electron chi connectivity index (χ2n) is 7.71. The standard InChI is InChI=1S/C23H25NO3/c1-27-22(26)23-16-24(14-17-8-4-2-5-9-17)15-20(23)21(25)13-12-19(23)18-10-6-3-7-11-18/h2-11,19-20H,12-16H2,1H3/t19-,20+,23+/m1/s1. The zero-order valence-electron chi connectivity index (χ0n) is 15.6. The third-order valence-corrected chi connectivity index (χ3v) is 6.25. The molecule has 0 radical (unpaired) electrons. The Morgan fingerprint density at radius 3 is 2.41 bits per heavy atom. The van der Waals surface area contributed by atoms with Crippen LogP contribution >= 0.6 is 0 Å². The SMILES string of the molecule is COC(=O)[C@]12CN(Cc3ccccc3)C[C@H]1C(=O)CC[C@@H]2c1ccccc1. The number of Topliss-reactive ketones (excluding diaryl/α,β-unsaturated/α-hetero) is 1. The number of ether oxygens (including phenoxy) is 1. The molecule has 4 nitrogen and oxygen atoms in total. The Kier molecular flexibility index (Phi) is 4.83. The Labute approximate surface area is 160 Å². The van der Waals surface area contributed by atoms with Gasteiger partial charge in [-0.3, -0.25) is 14.5 Å². The van der Waals surface area contributed by atoms with Gasteiger partial charge in [-0.2, -0.15) is 0 Å². The maximum atomic E-state index is 13.1. The lowest BCUT2D eigenvalue weighted by Crippen LogP contribution is -2.50. The van der Waals surface area contributed by atoms with Crippen LogP contribution in [0.25, 0.3) is 0 Å². The number of carbonyl (C=O) groups is 2. The first kappa shape index (κ1) is 17.9. The number of ketones is 1. The van der Waals surface area contributed by atoms with E-state index in [-0.39, 0.29) is 23.6 Å². The van der Waals surface area contributed by atoms with Crippen LogP contribution < -0.4 is 0 Å². The number of hydrogen-bond acceptors (Lipinski definition) is 4.